The fourth-order valence-corrected chi connectivity index (χ4v) is 6.53. The Morgan fingerprint density at radius 1 is 0.951 bits per heavy atom. The van der Waals surface area contributed by atoms with E-state index < -0.39 is 32.5 Å². The average Bonchev–Trinajstić information content (AvgIpc) is 3.38. The van der Waals surface area contributed by atoms with Gasteiger partial charge in [-0.1, -0.05) is 54.1 Å². The molecule has 2 atom stereocenters. The Morgan fingerprint density at radius 2 is 1.59 bits per heavy atom. The van der Waals surface area contributed by atoms with E-state index >= 15 is 0 Å². The van der Waals surface area contributed by atoms with E-state index in [9.17, 15) is 23.3 Å². The lowest BCUT2D eigenvalue weighted by Crippen LogP contribution is -2.46. The number of nitrogens with zero attached hydrogens (tertiary/aromatic N) is 4. The minimum absolute atomic E-state index is 0.189. The van der Waals surface area contributed by atoms with E-state index in [-0.39, 0.29) is 10.7 Å². The predicted octanol–water partition coefficient (Wildman–Crippen LogP) is 5.19. The highest BCUT2D eigenvalue weighted by Crippen LogP contribution is 2.49. The number of nitro groups is 1. The number of carbonyl (C=O) groups is 1. The molecule has 0 N–H and O–H groups in total. The molecular formula is C30H26N4O6S. The molecule has 4 aromatic rings. The summed E-state index contributed by atoms with van der Waals surface area (Å²) in [6, 6.07) is 20.8. The zero-order chi connectivity index (χ0) is 29.4. The molecule has 0 radical (unpaired) electrons. The van der Waals surface area contributed by atoms with Crippen molar-refractivity contribution in [2.75, 3.05) is 0 Å². The van der Waals surface area contributed by atoms with Gasteiger partial charge < -0.3 is 4.74 Å². The molecule has 10 nitrogen and oxygen atoms in total. The van der Waals surface area contributed by atoms with Crippen LogP contribution in [-0.2, 0) is 20.4 Å². The molecule has 5 rings (SSSR count). The lowest BCUT2D eigenvalue weighted by molar-refractivity contribution is -0.384. The molecule has 208 valence electrons. The first-order valence-corrected chi connectivity index (χ1v) is 14.1. The lowest BCUT2D eigenvalue weighted by atomic mass is 9.80. The number of benzene rings is 3. The van der Waals surface area contributed by atoms with Gasteiger partial charge in [0, 0.05) is 18.3 Å². The van der Waals surface area contributed by atoms with Crippen LogP contribution in [-0.4, -0.2) is 34.9 Å². The van der Waals surface area contributed by atoms with Crippen LogP contribution in [0.25, 0.3) is 0 Å². The fourth-order valence-electron chi connectivity index (χ4n) is 5.15. The quantitative estimate of drug-likeness (QED) is 0.129. The molecular weight excluding hydrogens is 544 g/mol. The van der Waals surface area contributed by atoms with E-state index in [1.165, 1.54) is 42.6 Å². The normalized spacial score (nSPS) is 18.3. The molecule has 0 saturated heterocycles. The number of esters is 1. The summed E-state index contributed by atoms with van der Waals surface area (Å²) in [6.07, 6.45) is 2.45. The standard InChI is InChI=1S/C30H26N4O6S/c1-20-17-21(2)27(22(3)18-20)40-29(35)30(24-9-5-4-6-10-24)28(23-12-14-25(15-13-23)34(36)37)33(19-32-30)41(38,39)26-11-7-8-16-31-26/h4-19,28H,1-3H3/t28-,30+/m0/s1. The van der Waals surface area contributed by atoms with Crippen LogP contribution in [0.4, 0.5) is 5.69 Å². The molecule has 0 aliphatic carbocycles. The number of non-ortho nitro benzene ring substituents is 1. The van der Waals surface area contributed by atoms with Gasteiger partial charge in [-0.25, -0.2) is 19.1 Å². The number of pyridine rings is 1. The Balaban J connectivity index is 1.74. The zero-order valence-corrected chi connectivity index (χ0v) is 23.3. The SMILES string of the molecule is Cc1cc(C)c(OC(=O)[C@]2(c3ccccc3)N=CN(S(=O)(=O)c3ccccn3)[C@H]2c2ccc([N+](=O)[O-])cc2)c(C)c1. The highest BCUT2D eigenvalue weighted by Gasteiger charge is 2.58. The van der Waals surface area contributed by atoms with Crippen LogP contribution in [0.2, 0.25) is 0 Å². The van der Waals surface area contributed by atoms with Crippen molar-refractivity contribution >= 4 is 28.0 Å². The maximum absolute atomic E-state index is 14.4. The van der Waals surface area contributed by atoms with Crippen LogP contribution in [0.3, 0.4) is 0 Å². The monoisotopic (exact) mass is 570 g/mol. The molecule has 0 spiro atoms. The van der Waals surface area contributed by atoms with Gasteiger partial charge in [0.1, 0.15) is 18.1 Å². The highest BCUT2D eigenvalue weighted by atomic mass is 32.2. The zero-order valence-electron chi connectivity index (χ0n) is 22.5. The van der Waals surface area contributed by atoms with Crippen LogP contribution >= 0.6 is 0 Å². The van der Waals surface area contributed by atoms with Gasteiger partial charge >= 0.3 is 5.97 Å². The maximum Gasteiger partial charge on any atom is 0.346 e. The Morgan fingerprint density at radius 3 is 2.17 bits per heavy atom. The van der Waals surface area contributed by atoms with Gasteiger partial charge in [0.25, 0.3) is 15.7 Å². The lowest BCUT2D eigenvalue weighted by Gasteiger charge is -2.35. The summed E-state index contributed by atoms with van der Waals surface area (Å²) < 4.78 is 34.9. The fraction of sp³-hybridized carbons (Fsp3) is 0.167. The molecule has 1 aliphatic heterocycles. The summed E-state index contributed by atoms with van der Waals surface area (Å²) in [4.78, 5) is 33.9. The molecule has 3 aromatic carbocycles. The Labute approximate surface area is 237 Å². The van der Waals surface area contributed by atoms with Crippen LogP contribution < -0.4 is 4.74 Å². The molecule has 1 aliphatic rings. The highest BCUT2D eigenvalue weighted by molar-refractivity contribution is 7.89. The Kier molecular flexibility index (Phi) is 7.14. The first-order valence-electron chi connectivity index (χ1n) is 12.7. The minimum atomic E-state index is -4.34. The molecule has 1 aromatic heterocycles. The molecule has 41 heavy (non-hydrogen) atoms. The van der Waals surface area contributed by atoms with E-state index in [0.29, 0.717) is 16.9 Å². The summed E-state index contributed by atoms with van der Waals surface area (Å²) in [5.41, 5.74) is 1.04. The number of hydrogen-bond acceptors (Lipinski definition) is 8. The van der Waals surface area contributed by atoms with Crippen molar-refractivity contribution in [1.82, 2.24) is 9.29 Å². The molecule has 0 amide bonds. The third-order valence-corrected chi connectivity index (χ3v) is 8.58. The van der Waals surface area contributed by atoms with E-state index in [0.717, 1.165) is 27.3 Å². The van der Waals surface area contributed by atoms with Gasteiger partial charge in [0.2, 0.25) is 5.54 Å². The van der Waals surface area contributed by atoms with Crippen molar-refractivity contribution in [2.45, 2.75) is 37.4 Å². The van der Waals surface area contributed by atoms with Crippen molar-refractivity contribution in [3.05, 3.63) is 129 Å². The smallest absolute Gasteiger partial charge is 0.346 e. The average molecular weight is 571 g/mol. The number of aliphatic imine (C=N–C) groups is 1. The van der Waals surface area contributed by atoms with Gasteiger partial charge in [-0.3, -0.25) is 10.1 Å². The van der Waals surface area contributed by atoms with Crippen molar-refractivity contribution < 1.29 is 22.9 Å². The third kappa shape index (κ3) is 4.84. The molecule has 2 heterocycles. The second kappa shape index (κ2) is 10.6. The largest absolute Gasteiger partial charge is 0.424 e. The number of hydrogen-bond donors (Lipinski definition) is 0. The number of carbonyl (C=O) groups excluding carboxylic acids is 1. The number of aromatic nitrogens is 1. The van der Waals surface area contributed by atoms with Crippen LogP contribution in [0.15, 0.2) is 101 Å². The van der Waals surface area contributed by atoms with Crippen LogP contribution in [0.1, 0.15) is 33.9 Å². The number of ether oxygens (including phenoxy) is 1. The van der Waals surface area contributed by atoms with E-state index in [4.69, 9.17) is 4.74 Å². The molecule has 0 fully saturated rings. The molecule has 0 saturated carbocycles. The Bertz CT molecular complexity index is 1740. The number of rotatable bonds is 7. The maximum atomic E-state index is 14.4. The summed E-state index contributed by atoms with van der Waals surface area (Å²) in [5.74, 6) is -0.461. The second-order valence-electron chi connectivity index (χ2n) is 9.75. The van der Waals surface area contributed by atoms with E-state index in [2.05, 4.69) is 9.98 Å². The summed E-state index contributed by atoms with van der Waals surface area (Å²) in [5, 5.41) is 11.1. The Hall–Kier alpha value is -4.90. The predicted molar refractivity (Wildman–Crippen MR) is 152 cm³/mol. The van der Waals surface area contributed by atoms with Crippen molar-refractivity contribution in [3.8, 4) is 5.75 Å². The van der Waals surface area contributed by atoms with E-state index in [1.54, 1.807) is 36.4 Å². The number of aryl methyl sites for hydroxylation is 3. The molecule has 0 bridgehead atoms. The number of sulfonamides is 1. The second-order valence-corrected chi connectivity index (χ2v) is 11.5. The summed E-state index contributed by atoms with van der Waals surface area (Å²) in [6.45, 7) is 5.58. The third-order valence-electron chi connectivity index (χ3n) is 6.95. The first-order chi connectivity index (χ1) is 19.6. The van der Waals surface area contributed by atoms with Gasteiger partial charge in [-0.15, -0.1) is 0 Å². The van der Waals surface area contributed by atoms with Crippen molar-refractivity contribution in [3.63, 3.8) is 0 Å². The first kappa shape index (κ1) is 27.7. The topological polar surface area (TPSA) is 132 Å². The molecule has 11 heteroatoms. The van der Waals surface area contributed by atoms with E-state index in [1.807, 2.05) is 32.9 Å². The van der Waals surface area contributed by atoms with Gasteiger partial charge in [0.15, 0.2) is 5.03 Å². The van der Waals surface area contributed by atoms with Gasteiger partial charge in [0.05, 0.1) is 4.92 Å². The van der Waals surface area contributed by atoms with Crippen molar-refractivity contribution in [2.24, 2.45) is 4.99 Å². The van der Waals surface area contributed by atoms with Crippen LogP contribution in [0, 0.1) is 30.9 Å². The minimum Gasteiger partial charge on any atom is -0.424 e. The molecule has 0 unspecified atom stereocenters. The van der Waals surface area contributed by atoms with Crippen LogP contribution in [0.5, 0.6) is 5.75 Å². The number of nitro benzene ring substituents is 1. The van der Waals surface area contributed by atoms with Gasteiger partial charge in [-0.2, -0.15) is 8.42 Å². The van der Waals surface area contributed by atoms with Crippen molar-refractivity contribution in [1.29, 1.82) is 0 Å². The summed E-state index contributed by atoms with van der Waals surface area (Å²) in [7, 11) is -4.34. The summed E-state index contributed by atoms with van der Waals surface area (Å²) >= 11 is 0. The van der Waals surface area contributed by atoms with Gasteiger partial charge in [-0.05, 0) is 67.3 Å².